The number of hydrogen-bond donors (Lipinski definition) is 3. The lowest BCUT2D eigenvalue weighted by Gasteiger charge is -2.03. The van der Waals surface area contributed by atoms with Crippen molar-refractivity contribution in [1.29, 1.82) is 0 Å². The number of anilines is 1. The summed E-state index contributed by atoms with van der Waals surface area (Å²) in [5.41, 5.74) is 1.90. The van der Waals surface area contributed by atoms with Crippen molar-refractivity contribution < 1.29 is 18.7 Å². The number of rotatable bonds is 4. The number of carbonyl (C=O) groups is 1. The van der Waals surface area contributed by atoms with Gasteiger partial charge >= 0.3 is 5.97 Å². The van der Waals surface area contributed by atoms with Gasteiger partial charge in [-0.15, -0.1) is 0 Å². The maximum atomic E-state index is 13.1. The molecule has 1 heterocycles. The Hall–Kier alpha value is -2.96. The van der Waals surface area contributed by atoms with E-state index in [0.717, 1.165) is 12.1 Å². The molecule has 3 rings (SSSR count). The largest absolute Gasteiger partial charge is 0.478 e. The number of nitrogens with one attached hydrogen (secondary N) is 2. The number of nitrogens with zero attached hydrogens (tertiary/aromatic N) is 1. The monoisotopic (exact) mass is 303 g/mol. The number of imidazole rings is 1. The highest BCUT2D eigenvalue weighted by molar-refractivity contribution is 5.92. The predicted molar refractivity (Wildman–Crippen MR) is 76.7 cm³/mol. The van der Waals surface area contributed by atoms with Gasteiger partial charge in [0.15, 0.2) is 11.6 Å². The normalized spacial score (nSPS) is 10.8. The van der Waals surface area contributed by atoms with Crippen molar-refractivity contribution in [2.75, 3.05) is 5.32 Å². The number of aromatic amines is 1. The van der Waals surface area contributed by atoms with Crippen LogP contribution in [0.3, 0.4) is 0 Å². The minimum Gasteiger partial charge on any atom is -0.478 e. The van der Waals surface area contributed by atoms with Crippen LogP contribution in [-0.2, 0) is 6.54 Å². The Morgan fingerprint density at radius 2 is 2.00 bits per heavy atom. The van der Waals surface area contributed by atoms with Crippen LogP contribution in [-0.4, -0.2) is 21.0 Å². The van der Waals surface area contributed by atoms with Crippen LogP contribution in [0.1, 0.15) is 15.9 Å². The van der Waals surface area contributed by atoms with Crippen molar-refractivity contribution in [3.63, 3.8) is 0 Å². The molecule has 2 aromatic carbocycles. The summed E-state index contributed by atoms with van der Waals surface area (Å²) in [5, 5.41) is 11.9. The number of benzene rings is 2. The van der Waals surface area contributed by atoms with Crippen molar-refractivity contribution in [3.05, 3.63) is 59.2 Å². The Labute approximate surface area is 123 Å². The molecule has 7 heteroatoms. The third-order valence-electron chi connectivity index (χ3n) is 3.17. The fourth-order valence-corrected chi connectivity index (χ4v) is 2.06. The van der Waals surface area contributed by atoms with E-state index in [1.54, 1.807) is 6.07 Å². The summed E-state index contributed by atoms with van der Waals surface area (Å²) in [6.45, 7) is 0.253. The zero-order valence-electron chi connectivity index (χ0n) is 11.2. The molecule has 0 fully saturated rings. The molecule has 0 atom stereocenters. The van der Waals surface area contributed by atoms with E-state index in [2.05, 4.69) is 15.3 Å². The van der Waals surface area contributed by atoms with Crippen LogP contribution in [0.15, 0.2) is 36.4 Å². The molecule has 5 nitrogen and oxygen atoms in total. The molecule has 0 spiro atoms. The average molecular weight is 303 g/mol. The van der Waals surface area contributed by atoms with Crippen molar-refractivity contribution in [2.45, 2.75) is 6.54 Å². The van der Waals surface area contributed by atoms with Crippen LogP contribution in [0.5, 0.6) is 0 Å². The van der Waals surface area contributed by atoms with Gasteiger partial charge in [0.1, 0.15) is 0 Å². The molecule has 1 aromatic heterocycles. The second-order valence-electron chi connectivity index (χ2n) is 4.72. The Kier molecular flexibility index (Phi) is 3.46. The van der Waals surface area contributed by atoms with Gasteiger partial charge in [0, 0.05) is 6.54 Å². The molecule has 0 aliphatic rings. The average Bonchev–Trinajstić information content (AvgIpc) is 2.90. The summed E-state index contributed by atoms with van der Waals surface area (Å²) in [6.07, 6.45) is 0. The van der Waals surface area contributed by atoms with Gasteiger partial charge in [-0.25, -0.2) is 18.6 Å². The molecule has 0 aliphatic heterocycles. The highest BCUT2D eigenvalue weighted by atomic mass is 19.2. The molecule has 22 heavy (non-hydrogen) atoms. The molecule has 0 unspecified atom stereocenters. The van der Waals surface area contributed by atoms with E-state index in [9.17, 15) is 13.6 Å². The smallest absolute Gasteiger partial charge is 0.335 e. The Morgan fingerprint density at radius 1 is 1.18 bits per heavy atom. The van der Waals surface area contributed by atoms with E-state index in [1.807, 2.05) is 0 Å². The summed E-state index contributed by atoms with van der Waals surface area (Å²) in [6, 6.07) is 8.17. The third-order valence-corrected chi connectivity index (χ3v) is 3.17. The minimum absolute atomic E-state index is 0.156. The maximum Gasteiger partial charge on any atom is 0.335 e. The number of aromatic nitrogens is 2. The summed E-state index contributed by atoms with van der Waals surface area (Å²) < 4.78 is 26.0. The lowest BCUT2D eigenvalue weighted by atomic mass is 10.2. The highest BCUT2D eigenvalue weighted by Crippen LogP contribution is 2.17. The molecule has 0 aliphatic carbocycles. The SMILES string of the molecule is O=C(O)c1ccc2nc(NCc3ccc(F)c(F)c3)[nH]c2c1. The van der Waals surface area contributed by atoms with Gasteiger partial charge in [-0.2, -0.15) is 0 Å². The number of fused-ring (bicyclic) bond motifs is 1. The summed E-state index contributed by atoms with van der Waals surface area (Å²) in [5.74, 6) is -2.40. The molecule has 0 bridgehead atoms. The number of aromatic carboxylic acids is 1. The number of carboxylic acids is 1. The number of halogens is 2. The van der Waals surface area contributed by atoms with Gasteiger partial charge in [0.25, 0.3) is 0 Å². The number of H-pyrrole nitrogens is 1. The first-order chi connectivity index (χ1) is 10.5. The zero-order valence-corrected chi connectivity index (χ0v) is 11.2. The molecular weight excluding hydrogens is 292 g/mol. The minimum atomic E-state index is -1.02. The van der Waals surface area contributed by atoms with Crippen molar-refractivity contribution in [2.24, 2.45) is 0 Å². The Bertz CT molecular complexity index is 861. The maximum absolute atomic E-state index is 13.1. The second-order valence-corrected chi connectivity index (χ2v) is 4.72. The number of hydrogen-bond acceptors (Lipinski definition) is 3. The van der Waals surface area contributed by atoms with Crippen LogP contribution in [0.4, 0.5) is 14.7 Å². The first-order valence-electron chi connectivity index (χ1n) is 6.44. The first-order valence-corrected chi connectivity index (χ1v) is 6.44. The van der Waals surface area contributed by atoms with E-state index in [1.165, 1.54) is 18.2 Å². The van der Waals surface area contributed by atoms with E-state index in [0.29, 0.717) is 22.5 Å². The fourth-order valence-electron chi connectivity index (χ4n) is 2.06. The molecule has 0 amide bonds. The van der Waals surface area contributed by atoms with Gasteiger partial charge in [-0.05, 0) is 35.9 Å². The lowest BCUT2D eigenvalue weighted by Crippen LogP contribution is -2.01. The standard InChI is InChI=1S/C15H11F2N3O2/c16-10-3-1-8(5-11(10)17)7-18-15-19-12-4-2-9(14(21)22)6-13(12)20-15/h1-6H,7H2,(H,21,22)(H2,18,19,20). The molecular formula is C15H11F2N3O2. The molecule has 0 saturated heterocycles. The topological polar surface area (TPSA) is 78.0 Å². The summed E-state index contributed by atoms with van der Waals surface area (Å²) in [4.78, 5) is 18.1. The predicted octanol–water partition coefficient (Wildman–Crippen LogP) is 3.15. The molecule has 0 saturated carbocycles. The summed E-state index contributed by atoms with van der Waals surface area (Å²) >= 11 is 0. The quantitative estimate of drug-likeness (QED) is 0.692. The number of carboxylic acid groups (broad SMARTS) is 1. The molecule has 3 N–H and O–H groups in total. The van der Waals surface area contributed by atoms with Gasteiger partial charge in [-0.3, -0.25) is 0 Å². The third kappa shape index (κ3) is 2.73. The highest BCUT2D eigenvalue weighted by Gasteiger charge is 2.08. The molecule has 112 valence electrons. The van der Waals surface area contributed by atoms with Gasteiger partial charge in [-0.1, -0.05) is 6.07 Å². The van der Waals surface area contributed by atoms with Gasteiger partial charge < -0.3 is 15.4 Å². The Balaban J connectivity index is 1.79. The van der Waals surface area contributed by atoms with Crippen molar-refractivity contribution >= 4 is 23.0 Å². The fraction of sp³-hybridized carbons (Fsp3) is 0.0667. The van der Waals surface area contributed by atoms with Gasteiger partial charge in [0.05, 0.1) is 16.6 Å². The van der Waals surface area contributed by atoms with Crippen LogP contribution < -0.4 is 5.32 Å². The van der Waals surface area contributed by atoms with Crippen LogP contribution in [0.2, 0.25) is 0 Å². The van der Waals surface area contributed by atoms with Crippen LogP contribution in [0.25, 0.3) is 11.0 Å². The lowest BCUT2D eigenvalue weighted by molar-refractivity contribution is 0.0697. The molecule has 0 radical (unpaired) electrons. The Morgan fingerprint density at radius 3 is 2.73 bits per heavy atom. The van der Waals surface area contributed by atoms with Crippen LogP contribution in [0, 0.1) is 11.6 Å². The zero-order chi connectivity index (χ0) is 15.7. The second kappa shape index (κ2) is 5.44. The summed E-state index contributed by atoms with van der Waals surface area (Å²) in [7, 11) is 0. The van der Waals surface area contributed by atoms with E-state index < -0.39 is 17.6 Å². The first kappa shape index (κ1) is 14.0. The van der Waals surface area contributed by atoms with Crippen molar-refractivity contribution in [1.82, 2.24) is 9.97 Å². The van der Waals surface area contributed by atoms with Crippen LogP contribution >= 0.6 is 0 Å². The van der Waals surface area contributed by atoms with E-state index >= 15 is 0 Å². The van der Waals surface area contributed by atoms with E-state index in [-0.39, 0.29) is 12.1 Å². The van der Waals surface area contributed by atoms with Crippen molar-refractivity contribution in [3.8, 4) is 0 Å². The van der Waals surface area contributed by atoms with E-state index in [4.69, 9.17) is 5.11 Å². The molecule has 3 aromatic rings. The van der Waals surface area contributed by atoms with Gasteiger partial charge in [0.2, 0.25) is 5.95 Å².